The Balaban J connectivity index is 1.55. The van der Waals surface area contributed by atoms with Crippen LogP contribution in [0, 0.1) is 0 Å². The Bertz CT molecular complexity index is 562. The molecule has 0 aromatic carbocycles. The number of hydrogen-bond acceptors (Lipinski definition) is 5. The van der Waals surface area contributed by atoms with E-state index in [1.54, 1.807) is 0 Å². The Labute approximate surface area is 125 Å². The molecule has 2 aromatic heterocycles. The predicted molar refractivity (Wildman–Crippen MR) is 83.5 cm³/mol. The molecule has 2 N–H and O–H groups in total. The van der Waals surface area contributed by atoms with Crippen molar-refractivity contribution >= 4 is 11.6 Å². The molecule has 0 saturated heterocycles. The molecule has 0 aliphatic heterocycles. The average Bonchev–Trinajstić information content (AvgIpc) is 3.21. The minimum atomic E-state index is 0.563. The summed E-state index contributed by atoms with van der Waals surface area (Å²) < 4.78 is 1.95. The van der Waals surface area contributed by atoms with Gasteiger partial charge in [0.2, 0.25) is 0 Å². The molecule has 0 atom stereocenters. The summed E-state index contributed by atoms with van der Waals surface area (Å²) in [6, 6.07) is 3.94. The lowest BCUT2D eigenvalue weighted by atomic mass is 10.3. The van der Waals surface area contributed by atoms with Gasteiger partial charge in [-0.25, -0.2) is 9.97 Å². The van der Waals surface area contributed by atoms with Crippen molar-refractivity contribution in [3.05, 3.63) is 30.4 Å². The topological polar surface area (TPSA) is 67.7 Å². The number of aromatic nitrogens is 4. The lowest BCUT2D eigenvalue weighted by Crippen LogP contribution is -2.10. The second-order valence-corrected chi connectivity index (χ2v) is 5.35. The third kappa shape index (κ3) is 3.93. The van der Waals surface area contributed by atoms with E-state index in [1.807, 2.05) is 29.2 Å². The van der Waals surface area contributed by atoms with Crippen molar-refractivity contribution in [1.82, 2.24) is 19.7 Å². The van der Waals surface area contributed by atoms with E-state index in [4.69, 9.17) is 0 Å². The molecule has 0 amide bonds. The van der Waals surface area contributed by atoms with Gasteiger partial charge in [-0.05, 0) is 32.3 Å². The van der Waals surface area contributed by atoms with Crippen LogP contribution in [0.5, 0.6) is 0 Å². The van der Waals surface area contributed by atoms with E-state index in [0.29, 0.717) is 5.92 Å². The van der Waals surface area contributed by atoms with Crippen LogP contribution >= 0.6 is 0 Å². The lowest BCUT2D eigenvalue weighted by Gasteiger charge is -2.10. The van der Waals surface area contributed by atoms with Crippen LogP contribution in [0.4, 0.5) is 11.6 Å². The molecule has 1 fully saturated rings. The molecule has 1 aliphatic rings. The van der Waals surface area contributed by atoms with Crippen LogP contribution in [0.25, 0.3) is 0 Å². The number of rotatable bonds is 8. The quantitative estimate of drug-likeness (QED) is 0.730. The van der Waals surface area contributed by atoms with Crippen LogP contribution in [0.1, 0.15) is 37.9 Å². The van der Waals surface area contributed by atoms with Crippen LogP contribution in [0.2, 0.25) is 0 Å². The van der Waals surface area contributed by atoms with E-state index >= 15 is 0 Å². The maximum atomic E-state index is 4.63. The first-order chi connectivity index (χ1) is 10.3. The van der Waals surface area contributed by atoms with Gasteiger partial charge >= 0.3 is 0 Å². The van der Waals surface area contributed by atoms with E-state index in [2.05, 4.69) is 32.6 Å². The first kappa shape index (κ1) is 13.9. The van der Waals surface area contributed by atoms with Crippen LogP contribution < -0.4 is 10.6 Å². The van der Waals surface area contributed by atoms with Crippen LogP contribution in [-0.2, 0) is 6.54 Å². The Morgan fingerprint density at radius 2 is 2.05 bits per heavy atom. The normalized spacial score (nSPS) is 14.1. The fraction of sp³-hybridized carbons (Fsp3) is 0.533. The fourth-order valence-electron chi connectivity index (χ4n) is 2.24. The number of nitrogens with one attached hydrogen (secondary N) is 2. The van der Waals surface area contributed by atoms with Crippen LogP contribution in [0.15, 0.2) is 24.5 Å². The Kier molecular flexibility index (Phi) is 4.33. The summed E-state index contributed by atoms with van der Waals surface area (Å²) in [6.07, 6.45) is 7.24. The highest BCUT2D eigenvalue weighted by atomic mass is 15.3. The van der Waals surface area contributed by atoms with Crippen molar-refractivity contribution in [2.75, 3.05) is 23.7 Å². The Morgan fingerprint density at radius 3 is 2.71 bits per heavy atom. The van der Waals surface area contributed by atoms with Crippen molar-refractivity contribution in [3.63, 3.8) is 0 Å². The van der Waals surface area contributed by atoms with Crippen molar-refractivity contribution in [1.29, 1.82) is 0 Å². The third-order valence-electron chi connectivity index (χ3n) is 3.47. The van der Waals surface area contributed by atoms with E-state index in [9.17, 15) is 0 Å². The molecule has 0 radical (unpaired) electrons. The third-order valence-corrected chi connectivity index (χ3v) is 3.47. The average molecular weight is 286 g/mol. The highest BCUT2D eigenvalue weighted by Crippen LogP contribution is 2.38. The smallest absolute Gasteiger partial charge is 0.136 e. The minimum absolute atomic E-state index is 0.563. The highest BCUT2D eigenvalue weighted by Gasteiger charge is 2.27. The number of nitrogens with zero attached hydrogens (tertiary/aromatic N) is 4. The van der Waals surface area contributed by atoms with Gasteiger partial charge in [-0.2, -0.15) is 5.10 Å². The summed E-state index contributed by atoms with van der Waals surface area (Å²) >= 11 is 0. The van der Waals surface area contributed by atoms with Crippen molar-refractivity contribution in [3.8, 4) is 0 Å². The van der Waals surface area contributed by atoms with E-state index in [-0.39, 0.29) is 0 Å². The summed E-state index contributed by atoms with van der Waals surface area (Å²) in [5, 5.41) is 10.9. The minimum Gasteiger partial charge on any atom is -0.370 e. The summed E-state index contributed by atoms with van der Waals surface area (Å²) in [4.78, 5) is 9.21. The molecule has 2 aromatic rings. The van der Waals surface area contributed by atoms with Gasteiger partial charge in [-0.3, -0.25) is 4.68 Å². The van der Waals surface area contributed by atoms with E-state index in [0.717, 1.165) is 43.5 Å². The standard InChI is InChI=1S/C15H22N6/c1-2-16-13-11-14(20-15(19-13)12-5-6-12)17-7-3-9-21-10-4-8-18-21/h4,8,10-12H,2-3,5-7,9H2,1H3,(H2,16,17,19,20). The van der Waals surface area contributed by atoms with Gasteiger partial charge in [0.15, 0.2) is 0 Å². The zero-order valence-corrected chi connectivity index (χ0v) is 12.4. The molecule has 6 nitrogen and oxygen atoms in total. The molecule has 0 bridgehead atoms. The predicted octanol–water partition coefficient (Wildman–Crippen LogP) is 2.48. The molecule has 0 spiro atoms. The van der Waals surface area contributed by atoms with Gasteiger partial charge in [0, 0.05) is 44.0 Å². The first-order valence-electron chi connectivity index (χ1n) is 7.69. The summed E-state index contributed by atoms with van der Waals surface area (Å²) in [5.41, 5.74) is 0. The van der Waals surface area contributed by atoms with Gasteiger partial charge in [-0.15, -0.1) is 0 Å². The van der Waals surface area contributed by atoms with E-state index < -0.39 is 0 Å². The maximum Gasteiger partial charge on any atom is 0.136 e. The number of anilines is 2. The molecule has 1 saturated carbocycles. The van der Waals surface area contributed by atoms with Gasteiger partial charge in [-0.1, -0.05) is 0 Å². The molecule has 21 heavy (non-hydrogen) atoms. The molecular formula is C15H22N6. The molecule has 112 valence electrons. The molecule has 6 heteroatoms. The van der Waals surface area contributed by atoms with Crippen molar-refractivity contribution < 1.29 is 0 Å². The van der Waals surface area contributed by atoms with Gasteiger partial charge < -0.3 is 10.6 Å². The lowest BCUT2D eigenvalue weighted by molar-refractivity contribution is 0.591. The SMILES string of the molecule is CCNc1cc(NCCCn2cccn2)nc(C2CC2)n1. The zero-order valence-electron chi connectivity index (χ0n) is 12.4. The van der Waals surface area contributed by atoms with Crippen molar-refractivity contribution in [2.24, 2.45) is 0 Å². The first-order valence-corrected chi connectivity index (χ1v) is 7.69. The number of hydrogen-bond donors (Lipinski definition) is 2. The second-order valence-electron chi connectivity index (χ2n) is 5.35. The fourth-order valence-corrected chi connectivity index (χ4v) is 2.24. The van der Waals surface area contributed by atoms with Crippen molar-refractivity contribution in [2.45, 2.75) is 38.6 Å². The molecule has 0 unspecified atom stereocenters. The highest BCUT2D eigenvalue weighted by molar-refractivity contribution is 5.48. The summed E-state index contributed by atoms with van der Waals surface area (Å²) in [6.45, 7) is 4.75. The Hall–Kier alpha value is -2.11. The zero-order chi connectivity index (χ0) is 14.5. The largest absolute Gasteiger partial charge is 0.370 e. The number of aryl methyl sites for hydroxylation is 1. The van der Waals surface area contributed by atoms with Gasteiger partial charge in [0.1, 0.15) is 17.5 Å². The molecule has 3 rings (SSSR count). The maximum absolute atomic E-state index is 4.63. The van der Waals surface area contributed by atoms with Gasteiger partial charge in [0.25, 0.3) is 0 Å². The van der Waals surface area contributed by atoms with E-state index in [1.165, 1.54) is 12.8 Å². The molecule has 1 aliphatic carbocycles. The monoisotopic (exact) mass is 286 g/mol. The molecular weight excluding hydrogens is 264 g/mol. The second kappa shape index (κ2) is 6.56. The van der Waals surface area contributed by atoms with Crippen LogP contribution in [0.3, 0.4) is 0 Å². The molecule has 2 heterocycles. The van der Waals surface area contributed by atoms with Crippen LogP contribution in [-0.4, -0.2) is 32.8 Å². The summed E-state index contributed by atoms with van der Waals surface area (Å²) in [5.74, 6) is 3.38. The summed E-state index contributed by atoms with van der Waals surface area (Å²) in [7, 11) is 0. The van der Waals surface area contributed by atoms with Gasteiger partial charge in [0.05, 0.1) is 0 Å². The Morgan fingerprint density at radius 1 is 1.24 bits per heavy atom.